The highest BCUT2D eigenvalue weighted by Crippen LogP contribution is 2.25. The second-order valence-electron chi connectivity index (χ2n) is 5.92. The number of amides is 2. The Morgan fingerprint density at radius 3 is 2.39 bits per heavy atom. The maximum Gasteiger partial charge on any atom is 0.275 e. The van der Waals surface area contributed by atoms with E-state index in [1.54, 1.807) is 30.3 Å². The maximum atomic E-state index is 12.5. The maximum absolute atomic E-state index is 12.5. The molecule has 0 saturated heterocycles. The van der Waals surface area contributed by atoms with Gasteiger partial charge in [-0.15, -0.1) is 0 Å². The highest BCUT2D eigenvalue weighted by molar-refractivity contribution is 6.01. The summed E-state index contributed by atoms with van der Waals surface area (Å²) >= 11 is 0. The normalized spacial score (nSPS) is 10.8. The van der Waals surface area contributed by atoms with Gasteiger partial charge in [-0.3, -0.25) is 9.59 Å². The minimum atomic E-state index is -0.544. The Morgan fingerprint density at radius 1 is 1.07 bits per heavy atom. The fraction of sp³-hybridized carbons (Fsp3) is 0.0952. The van der Waals surface area contributed by atoms with Gasteiger partial charge in [-0.1, -0.05) is 24.3 Å². The topological polar surface area (TPSA) is 103 Å². The molecule has 0 bridgehead atoms. The molecule has 0 aliphatic heterocycles. The number of hydrazone groups is 1. The van der Waals surface area contributed by atoms with E-state index in [2.05, 4.69) is 10.5 Å². The number of nitrogens with zero attached hydrogens (tertiary/aromatic N) is 1. The van der Waals surface area contributed by atoms with Crippen molar-refractivity contribution in [2.45, 2.75) is 0 Å². The van der Waals surface area contributed by atoms with E-state index in [9.17, 15) is 9.59 Å². The number of benzene rings is 3. The van der Waals surface area contributed by atoms with E-state index < -0.39 is 5.91 Å². The SMILES string of the molecule is COc1cc2ccccc2cc1C(=O)NN=Cc1ccc(OCC(N)=O)cc1. The molecule has 3 rings (SSSR count). The number of hydrogen-bond acceptors (Lipinski definition) is 5. The molecule has 3 aromatic carbocycles. The Kier molecular flexibility index (Phi) is 5.86. The van der Waals surface area contributed by atoms with Gasteiger partial charge in [0.05, 0.1) is 18.9 Å². The highest BCUT2D eigenvalue weighted by Gasteiger charge is 2.13. The summed E-state index contributed by atoms with van der Waals surface area (Å²) in [5.41, 5.74) is 8.67. The van der Waals surface area contributed by atoms with E-state index in [0.717, 1.165) is 16.3 Å². The molecule has 3 aromatic rings. The van der Waals surface area contributed by atoms with Crippen molar-refractivity contribution >= 4 is 28.8 Å². The Morgan fingerprint density at radius 2 is 1.75 bits per heavy atom. The lowest BCUT2D eigenvalue weighted by molar-refractivity contribution is -0.119. The lowest BCUT2D eigenvalue weighted by atomic mass is 10.1. The summed E-state index contributed by atoms with van der Waals surface area (Å²) in [5.74, 6) is 0.0703. The van der Waals surface area contributed by atoms with E-state index in [1.807, 2.05) is 30.3 Å². The number of hydrogen-bond donors (Lipinski definition) is 2. The molecule has 0 radical (unpaired) electrons. The van der Waals surface area contributed by atoms with Crippen LogP contribution < -0.4 is 20.6 Å². The first kappa shape index (κ1) is 18.9. The number of fused-ring (bicyclic) bond motifs is 1. The van der Waals surface area contributed by atoms with Crippen LogP contribution in [-0.2, 0) is 4.79 Å². The van der Waals surface area contributed by atoms with Crippen LogP contribution in [0.3, 0.4) is 0 Å². The van der Waals surface area contributed by atoms with Crippen LogP contribution in [0.4, 0.5) is 0 Å². The molecule has 0 aliphatic rings. The van der Waals surface area contributed by atoms with Crippen LogP contribution in [0.5, 0.6) is 11.5 Å². The first-order valence-corrected chi connectivity index (χ1v) is 8.48. The van der Waals surface area contributed by atoms with Gasteiger partial charge in [0.25, 0.3) is 11.8 Å². The summed E-state index contributed by atoms with van der Waals surface area (Å²) in [6.45, 7) is -0.183. The highest BCUT2D eigenvalue weighted by atomic mass is 16.5. The van der Waals surface area contributed by atoms with E-state index in [-0.39, 0.29) is 12.5 Å². The van der Waals surface area contributed by atoms with Gasteiger partial charge >= 0.3 is 0 Å². The third kappa shape index (κ3) is 4.64. The minimum absolute atomic E-state index is 0.183. The van der Waals surface area contributed by atoms with Crippen LogP contribution in [0.2, 0.25) is 0 Å². The summed E-state index contributed by atoms with van der Waals surface area (Å²) in [7, 11) is 1.52. The third-order valence-corrected chi connectivity index (χ3v) is 3.95. The molecule has 0 fully saturated rings. The van der Waals surface area contributed by atoms with Crippen LogP contribution >= 0.6 is 0 Å². The fourth-order valence-corrected chi connectivity index (χ4v) is 2.60. The Hall–Kier alpha value is -3.87. The van der Waals surface area contributed by atoms with Gasteiger partial charge in [-0.05, 0) is 52.7 Å². The number of carbonyl (C=O) groups is 2. The molecule has 2 amide bonds. The van der Waals surface area contributed by atoms with Crippen molar-refractivity contribution in [3.8, 4) is 11.5 Å². The number of primary amides is 1. The third-order valence-electron chi connectivity index (χ3n) is 3.95. The van der Waals surface area contributed by atoms with E-state index in [1.165, 1.54) is 13.3 Å². The second kappa shape index (κ2) is 8.68. The molecule has 28 heavy (non-hydrogen) atoms. The summed E-state index contributed by atoms with van der Waals surface area (Å²) in [4.78, 5) is 23.2. The predicted molar refractivity (Wildman–Crippen MR) is 107 cm³/mol. The Labute approximate surface area is 161 Å². The van der Waals surface area contributed by atoms with Crippen molar-refractivity contribution in [3.63, 3.8) is 0 Å². The van der Waals surface area contributed by atoms with Crippen LogP contribution in [0.15, 0.2) is 65.8 Å². The Bertz CT molecular complexity index is 1030. The van der Waals surface area contributed by atoms with E-state index in [0.29, 0.717) is 17.1 Å². The molecule has 142 valence electrons. The molecule has 0 heterocycles. The Balaban J connectivity index is 1.68. The van der Waals surface area contributed by atoms with Gasteiger partial charge in [-0.2, -0.15) is 5.10 Å². The fourth-order valence-electron chi connectivity index (χ4n) is 2.60. The van der Waals surface area contributed by atoms with Gasteiger partial charge in [-0.25, -0.2) is 5.43 Å². The summed E-state index contributed by atoms with van der Waals surface area (Å²) < 4.78 is 10.5. The molecule has 0 atom stereocenters. The van der Waals surface area contributed by atoms with Crippen molar-refractivity contribution in [3.05, 3.63) is 71.8 Å². The number of nitrogens with two attached hydrogens (primary N) is 1. The van der Waals surface area contributed by atoms with Crippen molar-refractivity contribution < 1.29 is 19.1 Å². The largest absolute Gasteiger partial charge is 0.496 e. The smallest absolute Gasteiger partial charge is 0.275 e. The van der Waals surface area contributed by atoms with Gasteiger partial charge in [0.15, 0.2) is 6.61 Å². The van der Waals surface area contributed by atoms with E-state index in [4.69, 9.17) is 15.2 Å². The lowest BCUT2D eigenvalue weighted by Crippen LogP contribution is -2.20. The zero-order valence-corrected chi connectivity index (χ0v) is 15.2. The van der Waals surface area contributed by atoms with Gasteiger partial charge in [0.2, 0.25) is 0 Å². The zero-order chi connectivity index (χ0) is 19.9. The number of carbonyl (C=O) groups excluding carboxylic acids is 2. The molecule has 7 heteroatoms. The number of ether oxygens (including phenoxy) is 2. The average Bonchev–Trinajstić information content (AvgIpc) is 2.72. The first-order chi connectivity index (χ1) is 13.6. The minimum Gasteiger partial charge on any atom is -0.496 e. The van der Waals surface area contributed by atoms with Crippen molar-refractivity contribution in [1.82, 2.24) is 5.43 Å². The van der Waals surface area contributed by atoms with Crippen LogP contribution in [0.25, 0.3) is 10.8 Å². The first-order valence-electron chi connectivity index (χ1n) is 8.48. The quantitative estimate of drug-likeness (QED) is 0.488. The summed E-state index contributed by atoms with van der Waals surface area (Å²) in [6, 6.07) is 18.1. The number of nitrogens with one attached hydrogen (secondary N) is 1. The zero-order valence-electron chi connectivity index (χ0n) is 15.2. The van der Waals surface area contributed by atoms with Gasteiger partial charge in [0, 0.05) is 0 Å². The van der Waals surface area contributed by atoms with Gasteiger partial charge < -0.3 is 15.2 Å². The second-order valence-corrected chi connectivity index (χ2v) is 5.92. The molecule has 0 aromatic heterocycles. The average molecular weight is 377 g/mol. The monoisotopic (exact) mass is 377 g/mol. The number of rotatable bonds is 7. The number of methoxy groups -OCH3 is 1. The van der Waals surface area contributed by atoms with E-state index >= 15 is 0 Å². The predicted octanol–water partition coefficient (Wildman–Crippen LogP) is 2.48. The standard InChI is InChI=1S/C21H19N3O4/c1-27-19-11-16-5-3-2-4-15(16)10-18(19)21(26)24-23-12-14-6-8-17(9-7-14)28-13-20(22)25/h2-12H,13H2,1H3,(H2,22,25)(H,24,26). The molecule has 7 nitrogen and oxygen atoms in total. The van der Waals surface area contributed by atoms with Crippen LogP contribution in [0.1, 0.15) is 15.9 Å². The molecule has 0 saturated carbocycles. The summed E-state index contributed by atoms with van der Waals surface area (Å²) in [6.07, 6.45) is 1.50. The van der Waals surface area contributed by atoms with Crippen LogP contribution in [-0.4, -0.2) is 31.7 Å². The van der Waals surface area contributed by atoms with Gasteiger partial charge in [0.1, 0.15) is 11.5 Å². The summed E-state index contributed by atoms with van der Waals surface area (Å²) in [5, 5.41) is 5.90. The van der Waals surface area contributed by atoms with Crippen molar-refractivity contribution in [2.75, 3.05) is 13.7 Å². The van der Waals surface area contributed by atoms with Crippen LogP contribution in [0, 0.1) is 0 Å². The molecule has 3 N–H and O–H groups in total. The molecule has 0 spiro atoms. The lowest BCUT2D eigenvalue weighted by Gasteiger charge is -2.09. The molecule has 0 unspecified atom stereocenters. The molecular weight excluding hydrogens is 358 g/mol. The van der Waals surface area contributed by atoms with Crippen molar-refractivity contribution in [1.29, 1.82) is 0 Å². The van der Waals surface area contributed by atoms with Crippen molar-refractivity contribution in [2.24, 2.45) is 10.8 Å². The molecular formula is C21H19N3O4. The molecule has 0 aliphatic carbocycles.